The van der Waals surface area contributed by atoms with Crippen LogP contribution in [0, 0.1) is 19.7 Å². The molecule has 1 aromatic heterocycles. The largest absolute Gasteiger partial charge is 0.320 e. The van der Waals surface area contributed by atoms with Crippen LogP contribution in [-0.4, -0.2) is 10.9 Å². The van der Waals surface area contributed by atoms with Gasteiger partial charge < -0.3 is 5.32 Å². The number of hydrogen-bond acceptors (Lipinski definition) is 3. The fraction of sp³-hybridized carbons (Fsp3) is 0.143. The highest BCUT2D eigenvalue weighted by molar-refractivity contribution is 7.09. The Labute approximate surface area is 114 Å². The minimum absolute atomic E-state index is 0.184. The first kappa shape index (κ1) is 13.4. The predicted octanol–water partition coefficient (Wildman–Crippen LogP) is 3.55. The Bertz CT molecular complexity index is 634. The predicted molar refractivity (Wildman–Crippen MR) is 75.7 cm³/mol. The molecule has 98 valence electrons. The molecule has 0 saturated carbocycles. The van der Waals surface area contributed by atoms with Crippen molar-refractivity contribution in [2.75, 3.05) is 5.32 Å². The van der Waals surface area contributed by atoms with Gasteiger partial charge >= 0.3 is 0 Å². The number of carbonyl (C=O) groups excluding carboxylic acids is 1. The average Bonchev–Trinajstić information content (AvgIpc) is 2.77. The summed E-state index contributed by atoms with van der Waals surface area (Å²) in [6, 6.07) is 4.57. The van der Waals surface area contributed by atoms with Gasteiger partial charge in [-0.15, -0.1) is 11.3 Å². The van der Waals surface area contributed by atoms with Gasteiger partial charge in [-0.05, 0) is 37.6 Å². The minimum Gasteiger partial charge on any atom is -0.320 e. The van der Waals surface area contributed by atoms with Gasteiger partial charge in [0.2, 0.25) is 5.91 Å². The number of anilines is 1. The van der Waals surface area contributed by atoms with Gasteiger partial charge in [0, 0.05) is 11.5 Å². The molecule has 1 N–H and O–H groups in total. The van der Waals surface area contributed by atoms with Crippen molar-refractivity contribution < 1.29 is 9.18 Å². The SMILES string of the molecule is Cc1ccc(F)c(NC(=O)/C=C/c2csc(C)n2)c1. The maximum absolute atomic E-state index is 13.4. The molecule has 0 spiro atoms. The topological polar surface area (TPSA) is 42.0 Å². The molecule has 0 bridgehead atoms. The van der Waals surface area contributed by atoms with Crippen molar-refractivity contribution in [2.24, 2.45) is 0 Å². The molecule has 0 unspecified atom stereocenters. The highest BCUT2D eigenvalue weighted by Crippen LogP contribution is 2.15. The molecule has 2 aromatic rings. The maximum Gasteiger partial charge on any atom is 0.248 e. The lowest BCUT2D eigenvalue weighted by atomic mass is 10.2. The number of nitrogens with zero attached hydrogens (tertiary/aromatic N) is 1. The van der Waals surface area contributed by atoms with Gasteiger partial charge in [0.25, 0.3) is 0 Å². The number of hydrogen-bond donors (Lipinski definition) is 1. The summed E-state index contributed by atoms with van der Waals surface area (Å²) in [6.45, 7) is 3.73. The van der Waals surface area contributed by atoms with Crippen LogP contribution in [0.2, 0.25) is 0 Å². The lowest BCUT2D eigenvalue weighted by Crippen LogP contribution is -2.09. The number of halogens is 1. The molecule has 2 rings (SSSR count). The van der Waals surface area contributed by atoms with Gasteiger partial charge in [0.05, 0.1) is 16.4 Å². The van der Waals surface area contributed by atoms with Crippen LogP contribution >= 0.6 is 11.3 Å². The standard InChI is InChI=1S/C14H13FN2OS/c1-9-3-5-12(15)13(7-9)17-14(18)6-4-11-8-19-10(2)16-11/h3-8H,1-2H3,(H,17,18)/b6-4+. The number of nitrogens with one attached hydrogen (secondary N) is 1. The molecule has 0 atom stereocenters. The highest BCUT2D eigenvalue weighted by Gasteiger charge is 2.04. The van der Waals surface area contributed by atoms with Gasteiger partial charge in [-0.25, -0.2) is 9.37 Å². The lowest BCUT2D eigenvalue weighted by molar-refractivity contribution is -0.111. The zero-order chi connectivity index (χ0) is 13.8. The number of rotatable bonds is 3. The van der Waals surface area contributed by atoms with E-state index < -0.39 is 5.82 Å². The number of amides is 1. The Balaban J connectivity index is 2.05. The molecule has 0 saturated heterocycles. The quantitative estimate of drug-likeness (QED) is 0.871. The number of aromatic nitrogens is 1. The number of aryl methyl sites for hydroxylation is 2. The zero-order valence-electron chi connectivity index (χ0n) is 10.6. The molecule has 0 aliphatic heterocycles. The summed E-state index contributed by atoms with van der Waals surface area (Å²) in [5, 5.41) is 5.29. The van der Waals surface area contributed by atoms with Crippen LogP contribution in [0.4, 0.5) is 10.1 Å². The van der Waals surface area contributed by atoms with Gasteiger partial charge in [-0.1, -0.05) is 6.07 Å². The summed E-state index contributed by atoms with van der Waals surface area (Å²) >= 11 is 1.51. The van der Waals surface area contributed by atoms with E-state index in [1.165, 1.54) is 23.5 Å². The molecule has 19 heavy (non-hydrogen) atoms. The van der Waals surface area contributed by atoms with E-state index in [1.54, 1.807) is 18.2 Å². The van der Waals surface area contributed by atoms with Crippen LogP contribution < -0.4 is 5.32 Å². The Kier molecular flexibility index (Phi) is 4.06. The summed E-state index contributed by atoms with van der Waals surface area (Å²) < 4.78 is 13.4. The number of carbonyl (C=O) groups is 1. The van der Waals surface area contributed by atoms with E-state index in [0.717, 1.165) is 16.3 Å². The van der Waals surface area contributed by atoms with Gasteiger partial charge in [-0.2, -0.15) is 0 Å². The second-order valence-electron chi connectivity index (χ2n) is 4.10. The van der Waals surface area contributed by atoms with Crippen molar-refractivity contribution in [3.05, 3.63) is 51.7 Å². The van der Waals surface area contributed by atoms with E-state index in [2.05, 4.69) is 10.3 Å². The first-order chi connectivity index (χ1) is 9.04. The third kappa shape index (κ3) is 3.72. The van der Waals surface area contributed by atoms with Crippen molar-refractivity contribution in [1.82, 2.24) is 4.98 Å². The second-order valence-corrected chi connectivity index (χ2v) is 5.16. The van der Waals surface area contributed by atoms with E-state index in [-0.39, 0.29) is 11.6 Å². The Morgan fingerprint density at radius 1 is 1.42 bits per heavy atom. The minimum atomic E-state index is -0.447. The Hall–Kier alpha value is -2.01. The van der Waals surface area contributed by atoms with E-state index in [4.69, 9.17) is 0 Å². The average molecular weight is 276 g/mol. The van der Waals surface area contributed by atoms with E-state index >= 15 is 0 Å². The first-order valence-corrected chi connectivity index (χ1v) is 6.60. The Morgan fingerprint density at radius 3 is 2.89 bits per heavy atom. The van der Waals surface area contributed by atoms with E-state index in [0.29, 0.717) is 0 Å². The number of benzene rings is 1. The monoisotopic (exact) mass is 276 g/mol. The van der Waals surface area contributed by atoms with Gasteiger partial charge in [-0.3, -0.25) is 4.79 Å². The Morgan fingerprint density at radius 2 is 2.21 bits per heavy atom. The number of thiazole rings is 1. The van der Waals surface area contributed by atoms with Crippen molar-refractivity contribution >= 4 is 29.0 Å². The molecule has 0 aliphatic carbocycles. The van der Waals surface area contributed by atoms with Gasteiger partial charge in [0.1, 0.15) is 5.82 Å². The zero-order valence-corrected chi connectivity index (χ0v) is 11.4. The first-order valence-electron chi connectivity index (χ1n) is 5.72. The smallest absolute Gasteiger partial charge is 0.248 e. The second kappa shape index (κ2) is 5.75. The molecular formula is C14H13FN2OS. The maximum atomic E-state index is 13.4. The van der Waals surface area contributed by atoms with Crippen molar-refractivity contribution in [1.29, 1.82) is 0 Å². The molecule has 1 heterocycles. The normalized spacial score (nSPS) is 10.9. The van der Waals surface area contributed by atoms with Crippen molar-refractivity contribution in [2.45, 2.75) is 13.8 Å². The summed E-state index contributed by atoms with van der Waals surface area (Å²) in [5.74, 6) is -0.827. The van der Waals surface area contributed by atoms with Crippen LogP contribution in [0.25, 0.3) is 6.08 Å². The van der Waals surface area contributed by atoms with Crippen LogP contribution in [-0.2, 0) is 4.79 Å². The molecule has 1 aromatic carbocycles. The molecule has 1 amide bonds. The third-order valence-corrected chi connectivity index (χ3v) is 3.21. The molecule has 3 nitrogen and oxygen atoms in total. The third-order valence-electron chi connectivity index (χ3n) is 2.42. The summed E-state index contributed by atoms with van der Waals surface area (Å²) in [4.78, 5) is 15.9. The van der Waals surface area contributed by atoms with E-state index in [1.807, 2.05) is 19.2 Å². The van der Waals surface area contributed by atoms with Crippen LogP contribution in [0.15, 0.2) is 29.7 Å². The summed E-state index contributed by atoms with van der Waals surface area (Å²) in [5.41, 5.74) is 1.79. The highest BCUT2D eigenvalue weighted by atomic mass is 32.1. The fourth-order valence-corrected chi connectivity index (χ4v) is 2.11. The molecule has 0 fully saturated rings. The van der Waals surface area contributed by atoms with Crippen LogP contribution in [0.5, 0.6) is 0 Å². The van der Waals surface area contributed by atoms with Crippen molar-refractivity contribution in [3.63, 3.8) is 0 Å². The summed E-state index contributed by atoms with van der Waals surface area (Å²) in [6.07, 6.45) is 2.95. The van der Waals surface area contributed by atoms with Crippen LogP contribution in [0.3, 0.4) is 0 Å². The van der Waals surface area contributed by atoms with Crippen molar-refractivity contribution in [3.8, 4) is 0 Å². The fourth-order valence-electron chi connectivity index (χ4n) is 1.53. The molecule has 0 radical (unpaired) electrons. The van der Waals surface area contributed by atoms with E-state index in [9.17, 15) is 9.18 Å². The van der Waals surface area contributed by atoms with Gasteiger partial charge in [0.15, 0.2) is 0 Å². The molecule has 5 heteroatoms. The molecule has 0 aliphatic rings. The summed E-state index contributed by atoms with van der Waals surface area (Å²) in [7, 11) is 0. The van der Waals surface area contributed by atoms with Crippen LogP contribution in [0.1, 0.15) is 16.3 Å². The molecular weight excluding hydrogens is 263 g/mol. The lowest BCUT2D eigenvalue weighted by Gasteiger charge is -2.04.